The monoisotopic (exact) mass is 330 g/mol. The summed E-state index contributed by atoms with van der Waals surface area (Å²) in [5, 5.41) is 7.96. The minimum atomic E-state index is -0.0489. The molecule has 0 unspecified atom stereocenters. The van der Waals surface area contributed by atoms with Gasteiger partial charge < -0.3 is 14.2 Å². The normalized spacial score (nSPS) is 15.5. The Morgan fingerprint density at radius 3 is 2.67 bits per heavy atom. The van der Waals surface area contributed by atoms with Gasteiger partial charge in [-0.2, -0.15) is 5.10 Å². The second kappa shape index (κ2) is 7.39. The molecule has 1 aliphatic heterocycles. The molecule has 2 aromatic rings. The molecule has 2 aromatic heterocycles. The van der Waals surface area contributed by atoms with Crippen LogP contribution in [-0.2, 0) is 7.05 Å². The van der Waals surface area contributed by atoms with E-state index < -0.39 is 0 Å². The molecular weight excluding hydrogens is 308 g/mol. The van der Waals surface area contributed by atoms with Crippen molar-refractivity contribution in [3.8, 4) is 5.88 Å². The number of ether oxygens (including phenoxy) is 1. The van der Waals surface area contributed by atoms with E-state index in [0.717, 1.165) is 38.4 Å². The van der Waals surface area contributed by atoms with Crippen molar-refractivity contribution in [3.05, 3.63) is 40.6 Å². The van der Waals surface area contributed by atoms with Crippen molar-refractivity contribution in [2.24, 2.45) is 7.05 Å². The van der Waals surface area contributed by atoms with Gasteiger partial charge >= 0.3 is 0 Å². The molecule has 8 nitrogen and oxygen atoms in total. The lowest BCUT2D eigenvalue weighted by Gasteiger charge is -2.34. The van der Waals surface area contributed by atoms with Gasteiger partial charge in [0.05, 0.1) is 5.69 Å². The number of aromatic nitrogens is 4. The van der Waals surface area contributed by atoms with Crippen LogP contribution in [-0.4, -0.2) is 64.0 Å². The molecule has 128 valence electrons. The molecule has 1 saturated heterocycles. The lowest BCUT2D eigenvalue weighted by molar-refractivity contribution is 0.195. The van der Waals surface area contributed by atoms with Crippen molar-refractivity contribution in [2.75, 3.05) is 44.2 Å². The van der Waals surface area contributed by atoms with Crippen LogP contribution >= 0.6 is 0 Å². The van der Waals surface area contributed by atoms with Gasteiger partial charge in [0.15, 0.2) is 5.82 Å². The first-order valence-corrected chi connectivity index (χ1v) is 8.05. The van der Waals surface area contributed by atoms with Gasteiger partial charge in [-0.05, 0) is 13.0 Å². The maximum absolute atomic E-state index is 12.1. The quantitative estimate of drug-likeness (QED) is 0.768. The second-order valence-electron chi connectivity index (χ2n) is 5.86. The van der Waals surface area contributed by atoms with Crippen LogP contribution in [0.5, 0.6) is 5.88 Å². The summed E-state index contributed by atoms with van der Waals surface area (Å²) in [6.45, 7) is 6.62. The summed E-state index contributed by atoms with van der Waals surface area (Å²) in [5.41, 5.74) is 0.825. The van der Waals surface area contributed by atoms with Gasteiger partial charge in [-0.1, -0.05) is 0 Å². The van der Waals surface area contributed by atoms with E-state index in [1.54, 1.807) is 24.0 Å². The molecule has 24 heavy (non-hydrogen) atoms. The van der Waals surface area contributed by atoms with E-state index in [9.17, 15) is 4.79 Å². The van der Waals surface area contributed by atoms with Crippen molar-refractivity contribution < 1.29 is 4.74 Å². The molecule has 1 fully saturated rings. The number of nitrogens with zero attached hydrogens (tertiary/aromatic N) is 6. The fourth-order valence-electron chi connectivity index (χ4n) is 2.63. The van der Waals surface area contributed by atoms with E-state index in [-0.39, 0.29) is 5.56 Å². The number of piperazine rings is 1. The molecule has 3 heterocycles. The fraction of sp³-hybridized carbons (Fsp3) is 0.500. The summed E-state index contributed by atoms with van der Waals surface area (Å²) in [7, 11) is 1.75. The number of rotatable bonds is 5. The van der Waals surface area contributed by atoms with Gasteiger partial charge in [0.1, 0.15) is 6.61 Å². The molecule has 8 heteroatoms. The average Bonchev–Trinajstić information content (AvgIpc) is 2.60. The highest BCUT2D eigenvalue weighted by Crippen LogP contribution is 2.09. The minimum Gasteiger partial charge on any atom is -0.475 e. The standard InChI is InChI=1S/C16H22N6O2/c1-13-3-4-14(19-18-13)24-12-11-21-7-9-22(10-8-21)15-16(23)20(2)6-5-17-15/h3-6H,7-12H2,1-2H3. The zero-order chi connectivity index (χ0) is 16.9. The van der Waals surface area contributed by atoms with Crippen molar-refractivity contribution in [2.45, 2.75) is 6.92 Å². The highest BCUT2D eigenvalue weighted by Gasteiger charge is 2.20. The number of aryl methyl sites for hydroxylation is 2. The highest BCUT2D eigenvalue weighted by molar-refractivity contribution is 5.36. The summed E-state index contributed by atoms with van der Waals surface area (Å²) in [5.74, 6) is 1.09. The van der Waals surface area contributed by atoms with Gasteiger partial charge in [-0.25, -0.2) is 4.98 Å². The molecule has 0 atom stereocenters. The number of hydrogen-bond acceptors (Lipinski definition) is 7. The van der Waals surface area contributed by atoms with E-state index in [0.29, 0.717) is 18.3 Å². The van der Waals surface area contributed by atoms with Crippen LogP contribution < -0.4 is 15.2 Å². The van der Waals surface area contributed by atoms with Crippen LogP contribution in [0.3, 0.4) is 0 Å². The molecule has 0 saturated carbocycles. The van der Waals surface area contributed by atoms with Crippen molar-refractivity contribution in [1.82, 2.24) is 24.6 Å². The fourth-order valence-corrected chi connectivity index (χ4v) is 2.63. The van der Waals surface area contributed by atoms with Crippen LogP contribution in [0.25, 0.3) is 0 Å². The van der Waals surface area contributed by atoms with E-state index >= 15 is 0 Å². The highest BCUT2D eigenvalue weighted by atomic mass is 16.5. The smallest absolute Gasteiger partial charge is 0.293 e. The van der Waals surface area contributed by atoms with Crippen molar-refractivity contribution in [3.63, 3.8) is 0 Å². The Bertz CT molecular complexity index is 722. The first-order chi connectivity index (χ1) is 11.6. The Morgan fingerprint density at radius 1 is 1.17 bits per heavy atom. The largest absolute Gasteiger partial charge is 0.475 e. The molecule has 0 N–H and O–H groups in total. The van der Waals surface area contributed by atoms with E-state index in [1.807, 2.05) is 24.0 Å². The molecule has 1 aliphatic rings. The summed E-state index contributed by atoms with van der Waals surface area (Å²) in [6.07, 6.45) is 3.34. The summed E-state index contributed by atoms with van der Waals surface area (Å²) >= 11 is 0. The van der Waals surface area contributed by atoms with Crippen LogP contribution in [0.4, 0.5) is 5.82 Å². The maximum atomic E-state index is 12.1. The molecule has 0 aliphatic carbocycles. The summed E-state index contributed by atoms with van der Waals surface area (Å²) < 4.78 is 7.18. The molecule has 0 spiro atoms. The number of hydrogen-bond donors (Lipinski definition) is 0. The van der Waals surface area contributed by atoms with Gasteiger partial charge in [0.25, 0.3) is 5.56 Å². The van der Waals surface area contributed by atoms with Crippen LogP contribution in [0, 0.1) is 6.92 Å². The van der Waals surface area contributed by atoms with Gasteiger partial charge in [0.2, 0.25) is 5.88 Å². The van der Waals surface area contributed by atoms with Gasteiger partial charge in [-0.15, -0.1) is 5.10 Å². The van der Waals surface area contributed by atoms with E-state index in [1.165, 1.54) is 0 Å². The lowest BCUT2D eigenvalue weighted by atomic mass is 10.3. The maximum Gasteiger partial charge on any atom is 0.293 e. The third-order valence-corrected chi connectivity index (χ3v) is 4.10. The second-order valence-corrected chi connectivity index (χ2v) is 5.86. The first kappa shape index (κ1) is 16.4. The molecular formula is C16H22N6O2. The molecule has 3 rings (SSSR count). The topological polar surface area (TPSA) is 76.4 Å². The third-order valence-electron chi connectivity index (χ3n) is 4.10. The molecule has 0 aromatic carbocycles. The van der Waals surface area contributed by atoms with Crippen molar-refractivity contribution >= 4 is 5.82 Å². The van der Waals surface area contributed by atoms with E-state index in [4.69, 9.17) is 4.74 Å². The Labute approximate surface area is 140 Å². The van der Waals surface area contributed by atoms with Crippen LogP contribution in [0.1, 0.15) is 5.69 Å². The lowest BCUT2D eigenvalue weighted by Crippen LogP contribution is -2.49. The zero-order valence-electron chi connectivity index (χ0n) is 14.1. The van der Waals surface area contributed by atoms with Gasteiger partial charge in [0, 0.05) is 58.2 Å². The Hall–Kier alpha value is -2.48. The molecule has 0 bridgehead atoms. The SMILES string of the molecule is Cc1ccc(OCCN2CCN(c3nccn(C)c3=O)CC2)nn1. The van der Waals surface area contributed by atoms with Crippen molar-refractivity contribution in [1.29, 1.82) is 0 Å². The summed E-state index contributed by atoms with van der Waals surface area (Å²) in [4.78, 5) is 20.7. The van der Waals surface area contributed by atoms with Crippen LogP contribution in [0.15, 0.2) is 29.3 Å². The van der Waals surface area contributed by atoms with Crippen LogP contribution in [0.2, 0.25) is 0 Å². The third kappa shape index (κ3) is 3.88. The van der Waals surface area contributed by atoms with E-state index in [2.05, 4.69) is 20.1 Å². The first-order valence-electron chi connectivity index (χ1n) is 8.05. The Kier molecular flexibility index (Phi) is 5.05. The minimum absolute atomic E-state index is 0.0489. The zero-order valence-corrected chi connectivity index (χ0v) is 14.1. The summed E-state index contributed by atoms with van der Waals surface area (Å²) in [6, 6.07) is 3.71. The average molecular weight is 330 g/mol. The predicted octanol–water partition coefficient (Wildman–Crippen LogP) is 0.0797. The van der Waals surface area contributed by atoms with Gasteiger partial charge in [-0.3, -0.25) is 9.69 Å². The molecule has 0 radical (unpaired) electrons. The predicted molar refractivity (Wildman–Crippen MR) is 90.4 cm³/mol. The Morgan fingerprint density at radius 2 is 1.96 bits per heavy atom. The molecule has 0 amide bonds. The Balaban J connectivity index is 1.46. The number of anilines is 1.